The first-order chi connectivity index (χ1) is 10.1. The maximum Gasteiger partial charge on any atom is 0.332 e. The van der Waals surface area contributed by atoms with Crippen molar-refractivity contribution >= 4 is 34.8 Å². The third kappa shape index (κ3) is 5.42. The van der Waals surface area contributed by atoms with Gasteiger partial charge in [-0.15, -0.1) is 0 Å². The lowest BCUT2D eigenvalue weighted by atomic mass is 10.2. The van der Waals surface area contributed by atoms with Crippen molar-refractivity contribution in [2.45, 2.75) is 6.61 Å². The summed E-state index contributed by atoms with van der Waals surface area (Å²) in [6.45, 7) is 0.521. The van der Waals surface area contributed by atoms with Crippen molar-refractivity contribution in [3.8, 4) is 5.75 Å². The van der Waals surface area contributed by atoms with Crippen molar-refractivity contribution in [1.29, 1.82) is 0 Å². The highest BCUT2D eigenvalue weighted by Gasteiger charge is 1.97. The second-order valence-electron chi connectivity index (χ2n) is 4.22. The van der Waals surface area contributed by atoms with Gasteiger partial charge in [0, 0.05) is 3.57 Å². The van der Waals surface area contributed by atoms with Crippen LogP contribution in [0.15, 0.2) is 53.6 Å². The molecule has 0 aromatic heterocycles. The van der Waals surface area contributed by atoms with E-state index in [2.05, 4.69) is 33.1 Å². The van der Waals surface area contributed by atoms with E-state index in [0.29, 0.717) is 6.61 Å². The van der Waals surface area contributed by atoms with Crippen LogP contribution in [0.25, 0.3) is 0 Å². The van der Waals surface area contributed by atoms with Crippen LogP contribution >= 0.6 is 22.6 Å². The zero-order valence-corrected chi connectivity index (χ0v) is 13.3. The molecule has 3 N–H and O–H groups in total. The molecule has 0 heterocycles. The number of ether oxygens (including phenoxy) is 1. The second-order valence-corrected chi connectivity index (χ2v) is 5.46. The van der Waals surface area contributed by atoms with Gasteiger partial charge in [0.05, 0.1) is 6.21 Å². The fourth-order valence-corrected chi connectivity index (χ4v) is 1.93. The summed E-state index contributed by atoms with van der Waals surface area (Å²) in [5.41, 5.74) is 8.99. The van der Waals surface area contributed by atoms with Gasteiger partial charge in [-0.2, -0.15) is 5.10 Å². The lowest BCUT2D eigenvalue weighted by Gasteiger charge is -2.06. The Bertz CT molecular complexity index is 624. The van der Waals surface area contributed by atoms with Crippen LogP contribution in [0.3, 0.4) is 0 Å². The van der Waals surface area contributed by atoms with Crippen molar-refractivity contribution in [1.82, 2.24) is 5.43 Å². The third-order valence-corrected chi connectivity index (χ3v) is 3.31. The van der Waals surface area contributed by atoms with Crippen LogP contribution in [-0.2, 0) is 6.61 Å². The highest BCUT2D eigenvalue weighted by Crippen LogP contribution is 2.14. The molecule has 0 aliphatic heterocycles. The Balaban J connectivity index is 1.88. The quantitative estimate of drug-likeness (QED) is 0.464. The Morgan fingerprint density at radius 1 is 1.19 bits per heavy atom. The number of nitrogens with two attached hydrogens (primary N) is 1. The number of hydrogen-bond donors (Lipinski definition) is 2. The predicted molar refractivity (Wildman–Crippen MR) is 90.2 cm³/mol. The Morgan fingerprint density at radius 3 is 2.48 bits per heavy atom. The first-order valence-electron chi connectivity index (χ1n) is 6.19. The molecule has 2 rings (SSSR count). The molecule has 0 unspecified atom stereocenters. The summed E-state index contributed by atoms with van der Waals surface area (Å²) >= 11 is 2.27. The SMILES string of the molecule is NC(=O)N/N=C\c1ccc(OCc2ccc(I)cc2)cc1. The fourth-order valence-electron chi connectivity index (χ4n) is 1.57. The summed E-state index contributed by atoms with van der Waals surface area (Å²) in [6, 6.07) is 14.9. The summed E-state index contributed by atoms with van der Waals surface area (Å²) in [5.74, 6) is 0.772. The largest absolute Gasteiger partial charge is 0.489 e. The van der Waals surface area contributed by atoms with Crippen LogP contribution in [0.5, 0.6) is 5.75 Å². The monoisotopic (exact) mass is 395 g/mol. The Labute approximate surface area is 136 Å². The molecule has 5 nitrogen and oxygen atoms in total. The molecule has 108 valence electrons. The number of nitrogens with one attached hydrogen (secondary N) is 1. The molecule has 0 atom stereocenters. The van der Waals surface area contributed by atoms with Gasteiger partial charge in [-0.05, 0) is 70.1 Å². The minimum absolute atomic E-state index is 0.521. The number of primary amides is 1. The van der Waals surface area contributed by atoms with Gasteiger partial charge in [0.25, 0.3) is 0 Å². The molecule has 0 spiro atoms. The highest BCUT2D eigenvalue weighted by atomic mass is 127. The molecule has 21 heavy (non-hydrogen) atoms. The lowest BCUT2D eigenvalue weighted by molar-refractivity contribution is 0.249. The van der Waals surface area contributed by atoms with E-state index < -0.39 is 6.03 Å². The predicted octanol–water partition coefficient (Wildman–Crippen LogP) is 2.87. The number of carbonyl (C=O) groups is 1. The van der Waals surface area contributed by atoms with E-state index in [1.54, 1.807) is 0 Å². The molecule has 0 aliphatic rings. The molecule has 0 aliphatic carbocycles. The van der Waals surface area contributed by atoms with Gasteiger partial charge < -0.3 is 10.5 Å². The lowest BCUT2D eigenvalue weighted by Crippen LogP contribution is -2.24. The maximum absolute atomic E-state index is 10.5. The van der Waals surface area contributed by atoms with Gasteiger partial charge in [0.2, 0.25) is 0 Å². The molecule has 0 fully saturated rings. The molecule has 0 saturated carbocycles. The van der Waals surface area contributed by atoms with Gasteiger partial charge in [0.15, 0.2) is 0 Å². The van der Waals surface area contributed by atoms with E-state index in [9.17, 15) is 4.79 Å². The van der Waals surface area contributed by atoms with E-state index in [1.165, 1.54) is 9.78 Å². The van der Waals surface area contributed by atoms with Gasteiger partial charge >= 0.3 is 6.03 Å². The number of halogens is 1. The third-order valence-electron chi connectivity index (χ3n) is 2.59. The minimum Gasteiger partial charge on any atom is -0.489 e. The van der Waals surface area contributed by atoms with E-state index in [4.69, 9.17) is 10.5 Å². The highest BCUT2D eigenvalue weighted by molar-refractivity contribution is 14.1. The summed E-state index contributed by atoms with van der Waals surface area (Å²) in [6.07, 6.45) is 1.51. The van der Waals surface area contributed by atoms with Crippen LogP contribution in [0.4, 0.5) is 4.79 Å². The van der Waals surface area contributed by atoms with Crippen molar-refractivity contribution in [2.75, 3.05) is 0 Å². The molecule has 0 saturated heterocycles. The summed E-state index contributed by atoms with van der Waals surface area (Å²) in [5, 5.41) is 3.68. The zero-order chi connectivity index (χ0) is 15.1. The van der Waals surface area contributed by atoms with Crippen LogP contribution in [0.1, 0.15) is 11.1 Å². The topological polar surface area (TPSA) is 76.7 Å². The number of rotatable bonds is 5. The van der Waals surface area contributed by atoms with Gasteiger partial charge in [-0.25, -0.2) is 10.2 Å². The average Bonchev–Trinajstić information content (AvgIpc) is 2.48. The van der Waals surface area contributed by atoms with E-state index in [1.807, 2.05) is 48.5 Å². The smallest absolute Gasteiger partial charge is 0.332 e. The van der Waals surface area contributed by atoms with Gasteiger partial charge in [-0.3, -0.25) is 0 Å². The zero-order valence-electron chi connectivity index (χ0n) is 11.1. The first kappa shape index (κ1) is 15.3. The first-order valence-corrected chi connectivity index (χ1v) is 7.27. The molecule has 2 aromatic rings. The Kier molecular flexibility index (Phi) is 5.56. The molecule has 0 radical (unpaired) electrons. The van der Waals surface area contributed by atoms with Crippen LogP contribution in [0, 0.1) is 3.57 Å². The molecule has 0 bridgehead atoms. The van der Waals surface area contributed by atoms with Crippen molar-refractivity contribution in [2.24, 2.45) is 10.8 Å². The van der Waals surface area contributed by atoms with Gasteiger partial charge in [-0.1, -0.05) is 12.1 Å². The molecule has 6 heteroatoms. The fraction of sp³-hybridized carbons (Fsp3) is 0.0667. The Hall–Kier alpha value is -2.09. The van der Waals surface area contributed by atoms with Crippen LogP contribution in [0.2, 0.25) is 0 Å². The number of hydrazone groups is 1. The average molecular weight is 395 g/mol. The summed E-state index contributed by atoms with van der Waals surface area (Å²) in [4.78, 5) is 10.5. The number of hydrogen-bond acceptors (Lipinski definition) is 3. The van der Waals surface area contributed by atoms with Crippen molar-refractivity contribution in [3.05, 3.63) is 63.2 Å². The van der Waals surface area contributed by atoms with Crippen molar-refractivity contribution < 1.29 is 9.53 Å². The van der Waals surface area contributed by atoms with Crippen LogP contribution in [-0.4, -0.2) is 12.2 Å². The molecular formula is C15H14IN3O2. The van der Waals surface area contributed by atoms with Gasteiger partial charge in [0.1, 0.15) is 12.4 Å². The summed E-state index contributed by atoms with van der Waals surface area (Å²) in [7, 11) is 0. The summed E-state index contributed by atoms with van der Waals surface area (Å²) < 4.78 is 6.89. The molecular weight excluding hydrogens is 381 g/mol. The van der Waals surface area contributed by atoms with E-state index in [-0.39, 0.29) is 0 Å². The Morgan fingerprint density at radius 2 is 1.86 bits per heavy atom. The minimum atomic E-state index is -0.691. The van der Waals surface area contributed by atoms with E-state index in [0.717, 1.165) is 16.9 Å². The molecule has 2 aromatic carbocycles. The second kappa shape index (κ2) is 7.63. The number of amides is 2. The van der Waals surface area contributed by atoms with E-state index >= 15 is 0 Å². The molecule has 2 amide bonds. The number of benzene rings is 2. The normalized spacial score (nSPS) is 10.5. The van der Waals surface area contributed by atoms with Crippen molar-refractivity contribution in [3.63, 3.8) is 0 Å². The standard InChI is InChI=1S/C15H14IN3O2/c16-13-5-1-12(2-6-13)10-21-14-7-3-11(4-8-14)9-18-19-15(17)20/h1-9H,10H2,(H3,17,19,20)/b18-9-. The number of urea groups is 1. The van der Waals surface area contributed by atoms with Crippen LogP contribution < -0.4 is 15.9 Å². The number of carbonyl (C=O) groups excluding carboxylic acids is 1. The number of nitrogens with zero attached hydrogens (tertiary/aromatic N) is 1. The maximum atomic E-state index is 10.5.